The lowest BCUT2D eigenvalue weighted by Crippen LogP contribution is -2.09. The van der Waals surface area contributed by atoms with Crippen LogP contribution in [0.25, 0.3) is 0 Å². The molecule has 2 aromatic carbocycles. The first-order chi connectivity index (χ1) is 11.3. The molecule has 23 heavy (non-hydrogen) atoms. The van der Waals surface area contributed by atoms with Crippen molar-refractivity contribution >= 4 is 0 Å². The molecule has 2 aromatic rings. The summed E-state index contributed by atoms with van der Waals surface area (Å²) >= 11 is 0. The van der Waals surface area contributed by atoms with E-state index in [0.717, 1.165) is 0 Å². The van der Waals surface area contributed by atoms with Crippen LogP contribution in [0.3, 0.4) is 0 Å². The molecule has 0 aliphatic heterocycles. The van der Waals surface area contributed by atoms with Gasteiger partial charge in [-0.25, -0.2) is 0 Å². The Bertz CT molecular complexity index is 681. The number of allylic oxidation sites excluding steroid dienone is 5. The fourth-order valence-electron chi connectivity index (χ4n) is 2.74. The van der Waals surface area contributed by atoms with Gasteiger partial charge in [0.15, 0.2) is 0 Å². The maximum absolute atomic E-state index is 6.16. The Balaban J connectivity index is 1.73. The molecule has 0 saturated heterocycles. The predicted molar refractivity (Wildman–Crippen MR) is 96.4 cm³/mol. The molecule has 0 amide bonds. The molecule has 2 unspecified atom stereocenters. The van der Waals surface area contributed by atoms with Crippen LogP contribution in [0.15, 0.2) is 96.6 Å². The Morgan fingerprint density at radius 3 is 2.00 bits per heavy atom. The zero-order chi connectivity index (χ0) is 15.9. The smallest absolute Gasteiger partial charge is 0.0797 e. The molecular formula is C22H22O. The van der Waals surface area contributed by atoms with Crippen LogP contribution < -0.4 is 0 Å². The van der Waals surface area contributed by atoms with Crippen LogP contribution >= 0.6 is 0 Å². The van der Waals surface area contributed by atoms with Gasteiger partial charge in [-0.05, 0) is 23.6 Å². The van der Waals surface area contributed by atoms with Crippen molar-refractivity contribution in [2.24, 2.45) is 0 Å². The van der Waals surface area contributed by atoms with E-state index in [1.165, 1.54) is 16.7 Å². The van der Waals surface area contributed by atoms with Crippen molar-refractivity contribution in [2.75, 3.05) is 6.61 Å². The van der Waals surface area contributed by atoms with Crippen LogP contribution in [0.2, 0.25) is 0 Å². The number of hydrogen-bond donors (Lipinski definition) is 0. The fraction of sp³-hybridized carbons (Fsp3) is 0.182. The summed E-state index contributed by atoms with van der Waals surface area (Å²) in [4.78, 5) is 0. The summed E-state index contributed by atoms with van der Waals surface area (Å²) in [7, 11) is 0. The highest BCUT2D eigenvalue weighted by Gasteiger charge is 2.13. The molecule has 3 rings (SSSR count). The summed E-state index contributed by atoms with van der Waals surface area (Å²) in [5, 5.41) is 0. The van der Waals surface area contributed by atoms with E-state index in [9.17, 15) is 0 Å². The van der Waals surface area contributed by atoms with Crippen molar-refractivity contribution < 1.29 is 4.74 Å². The number of hydrogen-bond acceptors (Lipinski definition) is 1. The maximum Gasteiger partial charge on any atom is 0.0797 e. The average Bonchev–Trinajstić information content (AvgIpc) is 3.13. The molecule has 0 heterocycles. The topological polar surface area (TPSA) is 9.23 Å². The van der Waals surface area contributed by atoms with Crippen molar-refractivity contribution in [2.45, 2.75) is 18.9 Å². The highest BCUT2D eigenvalue weighted by atomic mass is 16.5. The molecule has 0 fully saturated rings. The summed E-state index contributed by atoms with van der Waals surface area (Å²) in [5.74, 6) is 0.254. The first-order valence-electron chi connectivity index (χ1n) is 8.11. The number of rotatable bonds is 6. The van der Waals surface area contributed by atoms with E-state index < -0.39 is 0 Å². The van der Waals surface area contributed by atoms with Crippen LogP contribution in [-0.4, -0.2) is 6.61 Å². The molecule has 1 heteroatoms. The molecule has 1 aliphatic carbocycles. The lowest BCUT2D eigenvalue weighted by Gasteiger charge is -2.19. The van der Waals surface area contributed by atoms with Crippen molar-refractivity contribution in [3.05, 3.63) is 108 Å². The quantitative estimate of drug-likeness (QED) is 0.675. The second kappa shape index (κ2) is 7.75. The number of ether oxygens (including phenoxy) is 1. The Morgan fingerprint density at radius 1 is 0.826 bits per heavy atom. The van der Waals surface area contributed by atoms with Crippen LogP contribution in [0.4, 0.5) is 0 Å². The Hall–Kier alpha value is -2.38. The molecule has 2 atom stereocenters. The van der Waals surface area contributed by atoms with Crippen molar-refractivity contribution in [3.63, 3.8) is 0 Å². The largest absolute Gasteiger partial charge is 0.373 e. The Kier molecular flexibility index (Phi) is 5.23. The second-order valence-electron chi connectivity index (χ2n) is 5.79. The van der Waals surface area contributed by atoms with E-state index in [1.807, 2.05) is 6.07 Å². The minimum Gasteiger partial charge on any atom is -0.373 e. The summed E-state index contributed by atoms with van der Waals surface area (Å²) in [5.41, 5.74) is 3.75. The summed E-state index contributed by atoms with van der Waals surface area (Å²) in [6.07, 6.45) is 10.8. The SMILES string of the molecule is CC(OCC(C=C1C=CC=C1)c1ccccc1)c1ccccc1. The Morgan fingerprint density at radius 2 is 1.39 bits per heavy atom. The van der Waals surface area contributed by atoms with Gasteiger partial charge in [0, 0.05) is 5.92 Å². The molecule has 0 spiro atoms. The van der Waals surface area contributed by atoms with E-state index in [1.54, 1.807) is 0 Å². The van der Waals surface area contributed by atoms with Gasteiger partial charge in [-0.1, -0.05) is 91.0 Å². The highest BCUT2D eigenvalue weighted by molar-refractivity contribution is 5.42. The van der Waals surface area contributed by atoms with Gasteiger partial charge in [0.1, 0.15) is 0 Å². The molecule has 0 aromatic heterocycles. The van der Waals surface area contributed by atoms with E-state index >= 15 is 0 Å². The monoisotopic (exact) mass is 302 g/mol. The molecule has 0 bridgehead atoms. The van der Waals surface area contributed by atoms with Crippen molar-refractivity contribution in [1.29, 1.82) is 0 Å². The lowest BCUT2D eigenvalue weighted by atomic mass is 9.97. The van der Waals surface area contributed by atoms with Gasteiger partial charge < -0.3 is 4.74 Å². The van der Waals surface area contributed by atoms with E-state index in [4.69, 9.17) is 4.74 Å². The second-order valence-corrected chi connectivity index (χ2v) is 5.79. The average molecular weight is 302 g/mol. The van der Waals surface area contributed by atoms with Crippen LogP contribution in [0.5, 0.6) is 0 Å². The van der Waals surface area contributed by atoms with E-state index in [-0.39, 0.29) is 12.0 Å². The normalized spacial score (nSPS) is 15.6. The van der Waals surface area contributed by atoms with Gasteiger partial charge >= 0.3 is 0 Å². The molecule has 0 saturated carbocycles. The van der Waals surface area contributed by atoms with Gasteiger partial charge in [-0.2, -0.15) is 0 Å². The minimum atomic E-state index is 0.0930. The van der Waals surface area contributed by atoms with Crippen LogP contribution in [-0.2, 0) is 4.74 Å². The number of benzene rings is 2. The first kappa shape index (κ1) is 15.5. The molecule has 0 radical (unpaired) electrons. The van der Waals surface area contributed by atoms with Gasteiger partial charge in [0.25, 0.3) is 0 Å². The molecule has 0 N–H and O–H groups in total. The minimum absolute atomic E-state index is 0.0930. The van der Waals surface area contributed by atoms with Gasteiger partial charge in [-0.15, -0.1) is 0 Å². The third-order valence-corrected chi connectivity index (χ3v) is 4.10. The Labute approximate surface area is 138 Å². The summed E-state index contributed by atoms with van der Waals surface area (Å²) in [6.45, 7) is 2.78. The molecule has 1 aliphatic rings. The first-order valence-corrected chi connectivity index (χ1v) is 8.11. The van der Waals surface area contributed by atoms with Gasteiger partial charge in [-0.3, -0.25) is 0 Å². The lowest BCUT2D eigenvalue weighted by molar-refractivity contribution is 0.0614. The fourth-order valence-corrected chi connectivity index (χ4v) is 2.74. The summed E-state index contributed by atoms with van der Waals surface area (Å²) < 4.78 is 6.16. The standard InChI is InChI=1S/C22H22O/c1-18(20-12-4-2-5-13-20)23-17-22(16-19-10-8-9-11-19)21-14-6-3-7-15-21/h2-16,18,22H,17H2,1H3. The van der Waals surface area contributed by atoms with E-state index in [0.29, 0.717) is 6.61 Å². The van der Waals surface area contributed by atoms with Crippen molar-refractivity contribution in [1.82, 2.24) is 0 Å². The molecule has 116 valence electrons. The third kappa shape index (κ3) is 4.30. The summed E-state index contributed by atoms with van der Waals surface area (Å²) in [6, 6.07) is 20.9. The van der Waals surface area contributed by atoms with Gasteiger partial charge in [0.2, 0.25) is 0 Å². The third-order valence-electron chi connectivity index (χ3n) is 4.10. The molecular weight excluding hydrogens is 280 g/mol. The maximum atomic E-state index is 6.16. The van der Waals surface area contributed by atoms with Crippen molar-refractivity contribution in [3.8, 4) is 0 Å². The van der Waals surface area contributed by atoms with Crippen LogP contribution in [0.1, 0.15) is 30.1 Å². The van der Waals surface area contributed by atoms with E-state index in [2.05, 4.69) is 91.9 Å². The predicted octanol–water partition coefficient (Wildman–Crippen LogP) is 5.60. The van der Waals surface area contributed by atoms with Gasteiger partial charge in [0.05, 0.1) is 12.7 Å². The molecule has 1 nitrogen and oxygen atoms in total. The highest BCUT2D eigenvalue weighted by Crippen LogP contribution is 2.25. The van der Waals surface area contributed by atoms with Crippen LogP contribution in [0, 0.1) is 0 Å². The zero-order valence-electron chi connectivity index (χ0n) is 13.4. The zero-order valence-corrected chi connectivity index (χ0v) is 13.4.